The van der Waals surface area contributed by atoms with Gasteiger partial charge in [0.2, 0.25) is 11.8 Å². The maximum Gasteiger partial charge on any atom is 0.247 e. The van der Waals surface area contributed by atoms with Gasteiger partial charge in [0, 0.05) is 35.8 Å². The van der Waals surface area contributed by atoms with E-state index < -0.39 is 0 Å². The van der Waals surface area contributed by atoms with Gasteiger partial charge in [-0.1, -0.05) is 38.2 Å². The van der Waals surface area contributed by atoms with Crippen molar-refractivity contribution < 1.29 is 9.59 Å². The molecule has 0 spiro atoms. The summed E-state index contributed by atoms with van der Waals surface area (Å²) in [6.45, 7) is 2.78. The van der Waals surface area contributed by atoms with Crippen molar-refractivity contribution in [3.8, 4) is 0 Å². The van der Waals surface area contributed by atoms with Gasteiger partial charge in [-0.3, -0.25) is 14.6 Å². The normalized spacial score (nSPS) is 28.7. The molecule has 2 aliphatic carbocycles. The van der Waals surface area contributed by atoms with E-state index in [1.807, 2.05) is 35.2 Å². The van der Waals surface area contributed by atoms with E-state index >= 15 is 0 Å². The first-order chi connectivity index (χ1) is 17.0. The number of rotatable bonds is 5. The summed E-state index contributed by atoms with van der Waals surface area (Å²) in [5.74, 6) is 1.48. The van der Waals surface area contributed by atoms with E-state index in [0.29, 0.717) is 18.4 Å². The second-order valence-corrected chi connectivity index (χ2v) is 11.2. The maximum atomic E-state index is 13.8. The van der Waals surface area contributed by atoms with Crippen LogP contribution >= 0.6 is 0 Å². The van der Waals surface area contributed by atoms with Crippen LogP contribution in [0, 0.1) is 23.7 Å². The SMILES string of the molecule is CC(N)[C@H]1CC[C@H](C(=O)N2CC[C@H](C3CCCCC3)[C@H]2C(=O)Nc2ccc3ncccc3c2)CC1. The molecule has 1 saturated heterocycles. The quantitative estimate of drug-likeness (QED) is 0.627. The number of benzene rings is 1. The van der Waals surface area contributed by atoms with Crippen LogP contribution in [0.15, 0.2) is 36.5 Å². The van der Waals surface area contributed by atoms with Gasteiger partial charge >= 0.3 is 0 Å². The Morgan fingerprint density at radius 2 is 1.80 bits per heavy atom. The molecule has 5 rings (SSSR count). The van der Waals surface area contributed by atoms with Crippen molar-refractivity contribution in [2.24, 2.45) is 29.4 Å². The number of nitrogens with zero attached hydrogens (tertiary/aromatic N) is 2. The zero-order valence-electron chi connectivity index (χ0n) is 21.0. The van der Waals surface area contributed by atoms with Crippen molar-refractivity contribution in [3.63, 3.8) is 0 Å². The molecule has 35 heavy (non-hydrogen) atoms. The van der Waals surface area contributed by atoms with E-state index in [9.17, 15) is 9.59 Å². The molecular weight excluding hydrogens is 436 g/mol. The van der Waals surface area contributed by atoms with Gasteiger partial charge in [-0.05, 0) is 81.0 Å². The standard InChI is InChI=1S/C29H40N4O2/c1-19(30)20-9-11-22(12-10-20)29(35)33-17-15-25(21-6-3-2-4-7-21)27(33)28(34)32-24-13-14-26-23(18-24)8-5-16-31-26/h5,8,13-14,16,18-22,25,27H,2-4,6-7,9-12,15,17,30H2,1H3,(H,32,34)/t19?,20-,22-,25-,27+/m1/s1. The van der Waals surface area contributed by atoms with Crippen molar-refractivity contribution >= 4 is 28.4 Å². The van der Waals surface area contributed by atoms with Crippen molar-refractivity contribution in [1.29, 1.82) is 0 Å². The molecular formula is C29H40N4O2. The van der Waals surface area contributed by atoms with Gasteiger partial charge < -0.3 is 16.0 Å². The lowest BCUT2D eigenvalue weighted by molar-refractivity contribution is -0.142. The number of nitrogens with two attached hydrogens (primary N) is 1. The summed E-state index contributed by atoms with van der Waals surface area (Å²) in [5, 5.41) is 4.18. The zero-order chi connectivity index (χ0) is 24.4. The zero-order valence-corrected chi connectivity index (χ0v) is 21.0. The van der Waals surface area contributed by atoms with Crippen LogP contribution < -0.4 is 11.1 Å². The number of pyridine rings is 1. The number of hydrogen-bond donors (Lipinski definition) is 2. The van der Waals surface area contributed by atoms with Crippen LogP contribution in [0.5, 0.6) is 0 Å². The van der Waals surface area contributed by atoms with Gasteiger partial charge in [0.25, 0.3) is 0 Å². The number of hydrogen-bond acceptors (Lipinski definition) is 4. The maximum absolute atomic E-state index is 13.8. The summed E-state index contributed by atoms with van der Waals surface area (Å²) in [6.07, 6.45) is 12.6. The molecule has 0 bridgehead atoms. The number of fused-ring (bicyclic) bond motifs is 1. The van der Waals surface area contributed by atoms with Crippen molar-refractivity contribution in [2.75, 3.05) is 11.9 Å². The lowest BCUT2D eigenvalue weighted by Crippen LogP contribution is -2.50. The van der Waals surface area contributed by atoms with Gasteiger partial charge in [0.1, 0.15) is 6.04 Å². The monoisotopic (exact) mass is 476 g/mol. The highest BCUT2D eigenvalue weighted by atomic mass is 16.2. The molecule has 3 N–H and O–H groups in total. The highest BCUT2D eigenvalue weighted by Crippen LogP contribution is 2.41. The van der Waals surface area contributed by atoms with Crippen molar-refractivity contribution in [2.45, 2.75) is 83.2 Å². The number of nitrogens with one attached hydrogen (secondary N) is 1. The molecule has 1 aromatic heterocycles. The number of amides is 2. The van der Waals surface area contributed by atoms with E-state index in [4.69, 9.17) is 5.73 Å². The number of anilines is 1. The number of aromatic nitrogens is 1. The molecule has 1 aromatic carbocycles. The molecule has 3 atom stereocenters. The lowest BCUT2D eigenvalue weighted by atomic mass is 9.76. The average molecular weight is 477 g/mol. The van der Waals surface area contributed by atoms with E-state index in [-0.39, 0.29) is 35.7 Å². The van der Waals surface area contributed by atoms with Crippen LogP contribution in [0.3, 0.4) is 0 Å². The highest BCUT2D eigenvalue weighted by Gasteiger charge is 2.46. The molecule has 2 saturated carbocycles. The van der Waals surface area contributed by atoms with Gasteiger partial charge in [-0.25, -0.2) is 0 Å². The molecule has 6 nitrogen and oxygen atoms in total. The third-order valence-electron chi connectivity index (χ3n) is 8.99. The van der Waals surface area contributed by atoms with Crippen LogP contribution in [-0.4, -0.2) is 40.3 Å². The Labute approximate surface area is 209 Å². The minimum Gasteiger partial charge on any atom is -0.330 e. The lowest BCUT2D eigenvalue weighted by Gasteiger charge is -2.36. The molecule has 1 unspecified atom stereocenters. The smallest absolute Gasteiger partial charge is 0.247 e. The van der Waals surface area contributed by atoms with Crippen LogP contribution in [0.4, 0.5) is 5.69 Å². The number of carbonyl (C=O) groups is 2. The Balaban J connectivity index is 1.35. The predicted molar refractivity (Wildman–Crippen MR) is 140 cm³/mol. The fraction of sp³-hybridized carbons (Fsp3) is 0.621. The van der Waals surface area contributed by atoms with Crippen LogP contribution in [0.1, 0.15) is 71.1 Å². The number of carbonyl (C=O) groups excluding carboxylic acids is 2. The van der Waals surface area contributed by atoms with Crippen molar-refractivity contribution in [3.05, 3.63) is 36.5 Å². The summed E-state index contributed by atoms with van der Waals surface area (Å²) in [7, 11) is 0. The Kier molecular flexibility index (Phi) is 7.37. The molecule has 6 heteroatoms. The molecule has 3 aliphatic rings. The molecule has 1 aliphatic heterocycles. The van der Waals surface area contributed by atoms with Crippen LogP contribution in [-0.2, 0) is 9.59 Å². The molecule has 3 fully saturated rings. The van der Waals surface area contributed by atoms with Crippen LogP contribution in [0.2, 0.25) is 0 Å². The summed E-state index contributed by atoms with van der Waals surface area (Å²) in [6, 6.07) is 9.56. The summed E-state index contributed by atoms with van der Waals surface area (Å²) in [4.78, 5) is 33.9. The first-order valence-electron chi connectivity index (χ1n) is 13.7. The average Bonchev–Trinajstić information content (AvgIpc) is 3.34. The van der Waals surface area contributed by atoms with E-state index in [2.05, 4.69) is 17.2 Å². The van der Waals surface area contributed by atoms with Gasteiger partial charge in [0.15, 0.2) is 0 Å². The second-order valence-electron chi connectivity index (χ2n) is 11.2. The topological polar surface area (TPSA) is 88.3 Å². The van der Waals surface area contributed by atoms with E-state index in [1.54, 1.807) is 6.20 Å². The van der Waals surface area contributed by atoms with Gasteiger partial charge in [0.05, 0.1) is 5.52 Å². The molecule has 0 radical (unpaired) electrons. The molecule has 2 heterocycles. The molecule has 2 amide bonds. The third kappa shape index (κ3) is 5.23. The largest absolute Gasteiger partial charge is 0.330 e. The highest BCUT2D eigenvalue weighted by molar-refractivity contribution is 5.99. The number of likely N-dealkylation sites (tertiary alicyclic amines) is 1. The van der Waals surface area contributed by atoms with Gasteiger partial charge in [-0.15, -0.1) is 0 Å². The second kappa shape index (κ2) is 10.7. The predicted octanol–water partition coefficient (Wildman–Crippen LogP) is 5.12. The fourth-order valence-corrected chi connectivity index (χ4v) is 6.95. The molecule has 188 valence electrons. The van der Waals surface area contributed by atoms with Gasteiger partial charge in [-0.2, -0.15) is 0 Å². The Morgan fingerprint density at radius 1 is 1.03 bits per heavy atom. The fourth-order valence-electron chi connectivity index (χ4n) is 6.95. The minimum absolute atomic E-state index is 0.0251. The van der Waals surface area contributed by atoms with E-state index in [0.717, 1.165) is 48.7 Å². The first kappa shape index (κ1) is 24.2. The first-order valence-corrected chi connectivity index (χ1v) is 13.7. The molecule has 2 aromatic rings. The Hall–Kier alpha value is -2.47. The van der Waals surface area contributed by atoms with Crippen LogP contribution in [0.25, 0.3) is 10.9 Å². The van der Waals surface area contributed by atoms with E-state index in [1.165, 1.54) is 32.1 Å². The third-order valence-corrected chi connectivity index (χ3v) is 8.99. The van der Waals surface area contributed by atoms with Crippen molar-refractivity contribution in [1.82, 2.24) is 9.88 Å². The summed E-state index contributed by atoms with van der Waals surface area (Å²) in [5.41, 5.74) is 7.81. The Bertz CT molecular complexity index is 1040. The summed E-state index contributed by atoms with van der Waals surface area (Å²) >= 11 is 0. The summed E-state index contributed by atoms with van der Waals surface area (Å²) < 4.78 is 0. The minimum atomic E-state index is -0.374. The Morgan fingerprint density at radius 3 is 2.54 bits per heavy atom.